The molecule has 0 saturated carbocycles. The summed E-state index contributed by atoms with van der Waals surface area (Å²) in [6.07, 6.45) is 1.05. The molecule has 0 radical (unpaired) electrons. The van der Waals surface area contributed by atoms with Gasteiger partial charge in [-0.2, -0.15) is 0 Å². The minimum Gasteiger partial charge on any atom is -0.306 e. The number of carbonyl (C=O) groups excluding carboxylic acids is 1. The number of nitrogens with one attached hydrogen (secondary N) is 2. The Morgan fingerprint density at radius 3 is 2.90 bits per heavy atom. The molecule has 4 heteroatoms. The van der Waals surface area contributed by atoms with Crippen molar-refractivity contribution >= 4 is 5.91 Å². The topological polar surface area (TPSA) is 67.2 Å². The van der Waals surface area contributed by atoms with Crippen molar-refractivity contribution in [3.8, 4) is 0 Å². The molecule has 0 aromatic heterocycles. The molecule has 1 saturated heterocycles. The quantitative estimate of drug-likeness (QED) is 0.250. The standard InChI is InChI=1S/C6H13N3O/c1-4-2-3-8-5(4)6(10)9-7/h4-5,8H,2-3,7H2,1H3,(H,9,10). The van der Waals surface area contributed by atoms with Crippen LogP contribution in [0.25, 0.3) is 0 Å². The molecule has 1 amide bonds. The van der Waals surface area contributed by atoms with Gasteiger partial charge in [-0.05, 0) is 18.9 Å². The highest BCUT2D eigenvalue weighted by atomic mass is 16.2. The van der Waals surface area contributed by atoms with Gasteiger partial charge >= 0.3 is 0 Å². The molecule has 1 fully saturated rings. The molecule has 2 unspecified atom stereocenters. The van der Waals surface area contributed by atoms with Gasteiger partial charge < -0.3 is 5.32 Å². The van der Waals surface area contributed by atoms with Crippen LogP contribution in [-0.2, 0) is 4.79 Å². The number of hydrazine groups is 1. The van der Waals surface area contributed by atoms with Crippen molar-refractivity contribution in [3.05, 3.63) is 0 Å². The second kappa shape index (κ2) is 2.98. The number of carbonyl (C=O) groups is 1. The van der Waals surface area contributed by atoms with E-state index in [9.17, 15) is 4.79 Å². The van der Waals surface area contributed by atoms with E-state index in [0.717, 1.165) is 13.0 Å². The van der Waals surface area contributed by atoms with Crippen LogP contribution in [0.15, 0.2) is 0 Å². The van der Waals surface area contributed by atoms with Crippen LogP contribution in [0, 0.1) is 5.92 Å². The second-order valence-electron chi connectivity index (χ2n) is 2.71. The first-order valence-electron chi connectivity index (χ1n) is 3.49. The lowest BCUT2D eigenvalue weighted by Crippen LogP contribution is -2.46. The van der Waals surface area contributed by atoms with Gasteiger partial charge in [-0.15, -0.1) is 0 Å². The zero-order chi connectivity index (χ0) is 7.56. The second-order valence-corrected chi connectivity index (χ2v) is 2.71. The summed E-state index contributed by atoms with van der Waals surface area (Å²) < 4.78 is 0. The molecule has 0 aromatic rings. The van der Waals surface area contributed by atoms with E-state index in [1.54, 1.807) is 0 Å². The fourth-order valence-corrected chi connectivity index (χ4v) is 1.28. The summed E-state index contributed by atoms with van der Waals surface area (Å²) in [6, 6.07) is -0.0787. The summed E-state index contributed by atoms with van der Waals surface area (Å²) in [4.78, 5) is 10.9. The van der Waals surface area contributed by atoms with Gasteiger partial charge in [0.1, 0.15) is 0 Å². The van der Waals surface area contributed by atoms with Crippen LogP contribution in [-0.4, -0.2) is 18.5 Å². The van der Waals surface area contributed by atoms with Gasteiger partial charge in [0, 0.05) is 0 Å². The molecule has 0 spiro atoms. The monoisotopic (exact) mass is 143 g/mol. The molecular weight excluding hydrogens is 130 g/mol. The van der Waals surface area contributed by atoms with Gasteiger partial charge in [0.25, 0.3) is 5.91 Å². The first-order chi connectivity index (χ1) is 4.75. The summed E-state index contributed by atoms with van der Waals surface area (Å²) in [5, 5.41) is 3.06. The van der Waals surface area contributed by atoms with Gasteiger partial charge in [0.15, 0.2) is 0 Å². The molecule has 1 aliphatic rings. The van der Waals surface area contributed by atoms with Crippen molar-refractivity contribution < 1.29 is 4.79 Å². The van der Waals surface area contributed by atoms with Gasteiger partial charge in [0.2, 0.25) is 0 Å². The molecule has 58 valence electrons. The summed E-state index contributed by atoms with van der Waals surface area (Å²) in [7, 11) is 0. The third kappa shape index (κ3) is 1.27. The van der Waals surface area contributed by atoms with Gasteiger partial charge in [0.05, 0.1) is 6.04 Å². The minimum absolute atomic E-state index is 0.0787. The van der Waals surface area contributed by atoms with Crippen molar-refractivity contribution in [2.75, 3.05) is 6.54 Å². The molecule has 4 nitrogen and oxygen atoms in total. The fourth-order valence-electron chi connectivity index (χ4n) is 1.28. The summed E-state index contributed by atoms with van der Waals surface area (Å²) >= 11 is 0. The van der Waals surface area contributed by atoms with Gasteiger partial charge in [-0.1, -0.05) is 6.92 Å². The van der Waals surface area contributed by atoms with Gasteiger partial charge in [-0.3, -0.25) is 10.2 Å². The van der Waals surface area contributed by atoms with Crippen LogP contribution in [0.4, 0.5) is 0 Å². The highest BCUT2D eigenvalue weighted by molar-refractivity contribution is 5.81. The number of rotatable bonds is 1. The van der Waals surface area contributed by atoms with E-state index in [-0.39, 0.29) is 11.9 Å². The highest BCUT2D eigenvalue weighted by Gasteiger charge is 2.28. The van der Waals surface area contributed by atoms with Crippen molar-refractivity contribution in [2.45, 2.75) is 19.4 Å². The van der Waals surface area contributed by atoms with E-state index in [2.05, 4.69) is 10.7 Å². The van der Waals surface area contributed by atoms with E-state index in [4.69, 9.17) is 5.84 Å². The van der Waals surface area contributed by atoms with Crippen LogP contribution >= 0.6 is 0 Å². The smallest absolute Gasteiger partial charge is 0.251 e. The predicted molar refractivity (Wildman–Crippen MR) is 37.9 cm³/mol. The van der Waals surface area contributed by atoms with Crippen LogP contribution in [0.3, 0.4) is 0 Å². The number of nitrogens with two attached hydrogens (primary N) is 1. The molecule has 0 aliphatic carbocycles. The molecule has 1 rings (SSSR count). The summed E-state index contributed by atoms with van der Waals surface area (Å²) in [6.45, 7) is 2.96. The Kier molecular flexibility index (Phi) is 2.24. The van der Waals surface area contributed by atoms with Crippen LogP contribution in [0.5, 0.6) is 0 Å². The van der Waals surface area contributed by atoms with Crippen molar-refractivity contribution in [1.29, 1.82) is 0 Å². The normalized spacial score (nSPS) is 32.2. The summed E-state index contributed by atoms with van der Waals surface area (Å²) in [5.41, 5.74) is 2.14. The van der Waals surface area contributed by atoms with Crippen LogP contribution in [0.2, 0.25) is 0 Å². The zero-order valence-corrected chi connectivity index (χ0v) is 6.05. The van der Waals surface area contributed by atoms with Gasteiger partial charge in [-0.25, -0.2) is 5.84 Å². The third-order valence-electron chi connectivity index (χ3n) is 1.96. The molecular formula is C6H13N3O. The average molecular weight is 143 g/mol. The Labute approximate surface area is 60.1 Å². The molecule has 2 atom stereocenters. The lowest BCUT2D eigenvalue weighted by Gasteiger charge is -2.12. The Hall–Kier alpha value is -0.610. The number of hydrogen-bond donors (Lipinski definition) is 3. The number of amides is 1. The van der Waals surface area contributed by atoms with E-state index >= 15 is 0 Å². The third-order valence-corrected chi connectivity index (χ3v) is 1.96. The molecule has 10 heavy (non-hydrogen) atoms. The predicted octanol–water partition coefficient (Wildman–Crippen LogP) is -1.03. The molecule has 0 aromatic carbocycles. The summed E-state index contributed by atoms with van der Waals surface area (Å²) in [5.74, 6) is 5.27. The van der Waals surface area contributed by atoms with Crippen LogP contribution in [0.1, 0.15) is 13.3 Å². The minimum atomic E-state index is -0.106. The van der Waals surface area contributed by atoms with Crippen molar-refractivity contribution in [2.24, 2.45) is 11.8 Å². The maximum atomic E-state index is 10.9. The van der Waals surface area contributed by atoms with E-state index in [0.29, 0.717) is 5.92 Å². The Bertz CT molecular complexity index is 137. The molecule has 0 bridgehead atoms. The lowest BCUT2D eigenvalue weighted by molar-refractivity contribution is -0.123. The fraction of sp³-hybridized carbons (Fsp3) is 0.833. The van der Waals surface area contributed by atoms with E-state index in [1.165, 1.54) is 0 Å². The first kappa shape index (κ1) is 7.50. The molecule has 4 N–H and O–H groups in total. The van der Waals surface area contributed by atoms with E-state index in [1.807, 2.05) is 6.92 Å². The Morgan fingerprint density at radius 2 is 2.50 bits per heavy atom. The highest BCUT2D eigenvalue weighted by Crippen LogP contribution is 2.13. The molecule has 1 aliphatic heterocycles. The van der Waals surface area contributed by atoms with Crippen molar-refractivity contribution in [3.63, 3.8) is 0 Å². The maximum absolute atomic E-state index is 10.9. The Balaban J connectivity index is 2.46. The molecule has 1 heterocycles. The first-order valence-corrected chi connectivity index (χ1v) is 3.49. The van der Waals surface area contributed by atoms with Crippen LogP contribution < -0.4 is 16.6 Å². The SMILES string of the molecule is CC1CCNC1C(=O)NN. The largest absolute Gasteiger partial charge is 0.306 e. The van der Waals surface area contributed by atoms with E-state index < -0.39 is 0 Å². The lowest BCUT2D eigenvalue weighted by atomic mass is 10.0. The number of hydrogen-bond acceptors (Lipinski definition) is 3. The Morgan fingerprint density at radius 1 is 1.80 bits per heavy atom. The van der Waals surface area contributed by atoms with Crippen molar-refractivity contribution in [1.82, 2.24) is 10.7 Å². The average Bonchev–Trinajstić information content (AvgIpc) is 2.34. The zero-order valence-electron chi connectivity index (χ0n) is 6.05. The maximum Gasteiger partial charge on any atom is 0.251 e.